The molecule has 6 nitrogen and oxygen atoms in total. The van der Waals surface area contributed by atoms with Gasteiger partial charge in [0.1, 0.15) is 5.82 Å². The Morgan fingerprint density at radius 2 is 1.68 bits per heavy atom. The summed E-state index contributed by atoms with van der Waals surface area (Å²) in [6, 6.07) is 26.0. The second-order valence-electron chi connectivity index (χ2n) is 8.62. The number of carbonyl (C=O) groups is 1. The molecule has 1 aliphatic heterocycles. The summed E-state index contributed by atoms with van der Waals surface area (Å²) in [6.07, 6.45) is 1.31. The third kappa shape index (κ3) is 4.62. The highest BCUT2D eigenvalue weighted by Crippen LogP contribution is 2.32. The summed E-state index contributed by atoms with van der Waals surface area (Å²) in [5.41, 5.74) is 3.22. The number of ether oxygens (including phenoxy) is 2. The Balaban J connectivity index is 1.31. The lowest BCUT2D eigenvalue weighted by Gasteiger charge is -2.17. The van der Waals surface area contributed by atoms with Gasteiger partial charge in [-0.1, -0.05) is 54.6 Å². The molecule has 0 N–H and O–H groups in total. The first-order valence-corrected chi connectivity index (χ1v) is 11.8. The van der Waals surface area contributed by atoms with Gasteiger partial charge in [0.25, 0.3) is 0 Å². The van der Waals surface area contributed by atoms with Crippen molar-refractivity contribution in [3.63, 3.8) is 0 Å². The Hall–Kier alpha value is -3.80. The van der Waals surface area contributed by atoms with Crippen molar-refractivity contribution < 1.29 is 14.3 Å². The lowest BCUT2D eigenvalue weighted by molar-refractivity contribution is -0.128. The van der Waals surface area contributed by atoms with Crippen LogP contribution in [0.15, 0.2) is 78.9 Å². The van der Waals surface area contributed by atoms with Crippen molar-refractivity contribution in [3.05, 3.63) is 90.3 Å². The van der Waals surface area contributed by atoms with Crippen molar-refractivity contribution in [2.75, 3.05) is 20.3 Å². The van der Waals surface area contributed by atoms with E-state index in [1.165, 1.54) is 0 Å². The van der Waals surface area contributed by atoms with Gasteiger partial charge in [0.2, 0.25) is 5.91 Å². The number of likely N-dealkylation sites (tertiary alicyclic amines) is 1. The molecule has 1 amide bonds. The van der Waals surface area contributed by atoms with Crippen molar-refractivity contribution in [3.8, 4) is 11.5 Å². The molecule has 4 aromatic rings. The van der Waals surface area contributed by atoms with Gasteiger partial charge < -0.3 is 18.9 Å². The molecular weight excluding hydrogens is 426 g/mol. The van der Waals surface area contributed by atoms with Gasteiger partial charge in [-0.15, -0.1) is 0 Å². The summed E-state index contributed by atoms with van der Waals surface area (Å²) in [4.78, 5) is 19.7. The Morgan fingerprint density at radius 3 is 2.50 bits per heavy atom. The van der Waals surface area contributed by atoms with Crippen LogP contribution in [0.5, 0.6) is 11.5 Å². The van der Waals surface area contributed by atoms with Gasteiger partial charge in [-0.2, -0.15) is 0 Å². The van der Waals surface area contributed by atoms with E-state index in [2.05, 4.69) is 22.8 Å². The Labute approximate surface area is 199 Å². The molecule has 1 unspecified atom stereocenters. The van der Waals surface area contributed by atoms with Crippen LogP contribution < -0.4 is 9.47 Å². The molecule has 1 aromatic heterocycles. The lowest BCUT2D eigenvalue weighted by Crippen LogP contribution is -2.24. The minimum atomic E-state index is 0.0822. The van der Waals surface area contributed by atoms with Crippen molar-refractivity contribution in [1.29, 1.82) is 0 Å². The quantitative estimate of drug-likeness (QED) is 0.332. The number of hydrogen-bond acceptors (Lipinski definition) is 4. The molecule has 34 heavy (non-hydrogen) atoms. The monoisotopic (exact) mass is 455 g/mol. The third-order valence-corrected chi connectivity index (χ3v) is 6.33. The van der Waals surface area contributed by atoms with E-state index < -0.39 is 0 Å². The van der Waals surface area contributed by atoms with Crippen LogP contribution in [-0.4, -0.2) is 40.6 Å². The summed E-state index contributed by atoms with van der Waals surface area (Å²) in [5, 5.41) is 0. The van der Waals surface area contributed by atoms with Crippen LogP contribution >= 0.6 is 0 Å². The number of benzene rings is 3. The molecule has 5 rings (SSSR count). The maximum absolute atomic E-state index is 12.8. The molecular formula is C28H29N3O3. The minimum absolute atomic E-state index is 0.0822. The maximum Gasteiger partial charge on any atom is 0.223 e. The molecule has 0 aliphatic carbocycles. The van der Waals surface area contributed by atoms with Crippen LogP contribution in [0.25, 0.3) is 11.0 Å². The normalized spacial score (nSPS) is 15.7. The van der Waals surface area contributed by atoms with Crippen molar-refractivity contribution in [2.24, 2.45) is 0 Å². The molecule has 1 saturated heterocycles. The first-order valence-electron chi connectivity index (χ1n) is 11.8. The molecule has 2 heterocycles. The fraction of sp³-hybridized carbons (Fsp3) is 0.286. The fourth-order valence-electron chi connectivity index (χ4n) is 4.69. The van der Waals surface area contributed by atoms with E-state index in [4.69, 9.17) is 14.5 Å². The standard InChI is InChI=1S/C28H29N3O3/c1-33-25-14-7-8-15-26(25)34-17-9-16-31-24-13-6-5-12-23(24)29-28(31)22-18-27(32)30(20-22)19-21-10-3-2-4-11-21/h2-8,10-15,22H,9,16-20H2,1H3. The highest BCUT2D eigenvalue weighted by Gasteiger charge is 2.33. The molecule has 174 valence electrons. The average Bonchev–Trinajstić information content (AvgIpc) is 3.43. The molecule has 6 heteroatoms. The van der Waals surface area contributed by atoms with Crippen LogP contribution in [0, 0.1) is 0 Å². The van der Waals surface area contributed by atoms with Crippen LogP contribution in [0.4, 0.5) is 0 Å². The predicted octanol–water partition coefficient (Wildman–Crippen LogP) is 5.03. The second kappa shape index (κ2) is 10.00. The minimum Gasteiger partial charge on any atom is -0.493 e. The fourth-order valence-corrected chi connectivity index (χ4v) is 4.69. The molecule has 0 radical (unpaired) electrons. The molecule has 0 saturated carbocycles. The van der Waals surface area contributed by atoms with Gasteiger partial charge in [-0.25, -0.2) is 4.98 Å². The highest BCUT2D eigenvalue weighted by atomic mass is 16.5. The predicted molar refractivity (Wildman–Crippen MR) is 132 cm³/mol. The van der Waals surface area contributed by atoms with Gasteiger partial charge >= 0.3 is 0 Å². The van der Waals surface area contributed by atoms with Crippen LogP contribution in [-0.2, 0) is 17.9 Å². The summed E-state index contributed by atoms with van der Waals surface area (Å²) in [5.74, 6) is 2.74. The Kier molecular flexibility index (Phi) is 6.47. The molecule has 0 spiro atoms. The van der Waals surface area contributed by atoms with Crippen LogP contribution in [0.1, 0.15) is 30.1 Å². The number of para-hydroxylation sites is 4. The zero-order chi connectivity index (χ0) is 23.3. The van der Waals surface area contributed by atoms with E-state index >= 15 is 0 Å². The number of imidazole rings is 1. The van der Waals surface area contributed by atoms with Gasteiger partial charge in [0, 0.05) is 32.0 Å². The maximum atomic E-state index is 12.8. The summed E-state index contributed by atoms with van der Waals surface area (Å²) < 4.78 is 13.6. The number of nitrogens with zero attached hydrogens (tertiary/aromatic N) is 3. The first-order chi connectivity index (χ1) is 16.7. The van der Waals surface area contributed by atoms with Crippen LogP contribution in [0.2, 0.25) is 0 Å². The molecule has 1 fully saturated rings. The molecule has 1 aliphatic rings. The number of fused-ring (bicyclic) bond motifs is 1. The van der Waals surface area contributed by atoms with Gasteiger partial charge in [-0.3, -0.25) is 4.79 Å². The van der Waals surface area contributed by atoms with E-state index in [0.29, 0.717) is 26.1 Å². The number of rotatable bonds is 9. The molecule has 1 atom stereocenters. The third-order valence-electron chi connectivity index (χ3n) is 6.33. The zero-order valence-corrected chi connectivity index (χ0v) is 19.4. The van der Waals surface area contributed by atoms with Crippen molar-refractivity contribution >= 4 is 16.9 Å². The molecule has 3 aromatic carbocycles. The Morgan fingerprint density at radius 1 is 0.941 bits per heavy atom. The largest absolute Gasteiger partial charge is 0.493 e. The van der Waals surface area contributed by atoms with Gasteiger partial charge in [0.05, 0.1) is 24.8 Å². The van der Waals surface area contributed by atoms with E-state index in [9.17, 15) is 4.79 Å². The van der Waals surface area contributed by atoms with E-state index in [1.807, 2.05) is 65.6 Å². The van der Waals surface area contributed by atoms with E-state index in [1.54, 1.807) is 7.11 Å². The number of carbonyl (C=O) groups excluding carboxylic acids is 1. The Bertz CT molecular complexity index is 1270. The van der Waals surface area contributed by atoms with Crippen molar-refractivity contribution in [2.45, 2.75) is 31.8 Å². The smallest absolute Gasteiger partial charge is 0.223 e. The first kappa shape index (κ1) is 22.0. The van der Waals surface area contributed by atoms with Crippen LogP contribution in [0.3, 0.4) is 0 Å². The second-order valence-corrected chi connectivity index (χ2v) is 8.62. The SMILES string of the molecule is COc1ccccc1OCCCn1c(C2CC(=O)N(Cc3ccccc3)C2)nc2ccccc21. The highest BCUT2D eigenvalue weighted by molar-refractivity contribution is 5.81. The average molecular weight is 456 g/mol. The number of aryl methyl sites for hydroxylation is 1. The number of hydrogen-bond donors (Lipinski definition) is 0. The van der Waals surface area contributed by atoms with E-state index in [0.717, 1.165) is 46.9 Å². The number of methoxy groups -OCH3 is 1. The molecule has 0 bridgehead atoms. The van der Waals surface area contributed by atoms with E-state index in [-0.39, 0.29) is 11.8 Å². The summed E-state index contributed by atoms with van der Waals surface area (Å²) in [6.45, 7) is 2.67. The summed E-state index contributed by atoms with van der Waals surface area (Å²) >= 11 is 0. The number of aromatic nitrogens is 2. The zero-order valence-electron chi connectivity index (χ0n) is 19.4. The van der Waals surface area contributed by atoms with Crippen molar-refractivity contribution in [1.82, 2.24) is 14.5 Å². The lowest BCUT2D eigenvalue weighted by atomic mass is 10.1. The topological polar surface area (TPSA) is 56.6 Å². The number of amides is 1. The summed E-state index contributed by atoms with van der Waals surface area (Å²) in [7, 11) is 1.65. The van der Waals surface area contributed by atoms with Gasteiger partial charge in [0.15, 0.2) is 11.5 Å². The van der Waals surface area contributed by atoms with Gasteiger partial charge in [-0.05, 0) is 36.2 Å².